The molecular weight excluding hydrogens is 354 g/mol. The first-order valence-electron chi connectivity index (χ1n) is 10.1. The fraction of sp³-hybridized carbons (Fsp3) is 0.591. The molecule has 2 rings (SSSR count). The molecule has 0 aromatic heterocycles. The van der Waals surface area contributed by atoms with E-state index in [0.29, 0.717) is 49.8 Å². The molecule has 28 heavy (non-hydrogen) atoms. The summed E-state index contributed by atoms with van der Waals surface area (Å²) in [5.41, 5.74) is 0.665. The van der Waals surface area contributed by atoms with Crippen molar-refractivity contribution in [3.05, 3.63) is 29.8 Å². The first-order valence-corrected chi connectivity index (χ1v) is 10.1. The van der Waals surface area contributed by atoms with Crippen LogP contribution >= 0.6 is 0 Å². The van der Waals surface area contributed by atoms with Crippen LogP contribution in [0.15, 0.2) is 24.3 Å². The van der Waals surface area contributed by atoms with Gasteiger partial charge in [0.15, 0.2) is 0 Å². The SMILES string of the molecule is CC(C)CCC(=O)N1CCN(C(=O)c2cccc(NC(=O)C(C)(C)C)c2)CC1. The van der Waals surface area contributed by atoms with Crippen LogP contribution in [-0.2, 0) is 9.59 Å². The summed E-state index contributed by atoms with van der Waals surface area (Å²) in [6.45, 7) is 12.0. The van der Waals surface area contributed by atoms with Crippen molar-refractivity contribution in [1.82, 2.24) is 9.80 Å². The van der Waals surface area contributed by atoms with E-state index in [4.69, 9.17) is 0 Å². The Balaban J connectivity index is 1.94. The van der Waals surface area contributed by atoms with Crippen molar-refractivity contribution in [3.8, 4) is 0 Å². The van der Waals surface area contributed by atoms with Crippen LogP contribution in [0.5, 0.6) is 0 Å². The molecule has 0 radical (unpaired) electrons. The lowest BCUT2D eigenvalue weighted by Crippen LogP contribution is -2.50. The molecule has 0 unspecified atom stereocenters. The molecule has 6 heteroatoms. The van der Waals surface area contributed by atoms with Gasteiger partial charge in [-0.2, -0.15) is 0 Å². The maximum Gasteiger partial charge on any atom is 0.254 e. The van der Waals surface area contributed by atoms with Crippen molar-refractivity contribution in [3.63, 3.8) is 0 Å². The van der Waals surface area contributed by atoms with Crippen LogP contribution in [-0.4, -0.2) is 53.7 Å². The van der Waals surface area contributed by atoms with Crippen LogP contribution in [0.3, 0.4) is 0 Å². The van der Waals surface area contributed by atoms with Gasteiger partial charge in [-0.3, -0.25) is 14.4 Å². The maximum absolute atomic E-state index is 12.8. The minimum absolute atomic E-state index is 0.0684. The molecule has 1 aromatic carbocycles. The van der Waals surface area contributed by atoms with Crippen molar-refractivity contribution < 1.29 is 14.4 Å². The second-order valence-corrected chi connectivity index (χ2v) is 8.89. The molecule has 1 N–H and O–H groups in total. The summed E-state index contributed by atoms with van der Waals surface area (Å²) >= 11 is 0. The number of benzene rings is 1. The highest BCUT2D eigenvalue weighted by Gasteiger charge is 2.25. The van der Waals surface area contributed by atoms with Gasteiger partial charge in [0, 0.05) is 49.3 Å². The maximum atomic E-state index is 12.8. The minimum Gasteiger partial charge on any atom is -0.339 e. The van der Waals surface area contributed by atoms with Gasteiger partial charge in [-0.25, -0.2) is 0 Å². The van der Waals surface area contributed by atoms with Gasteiger partial charge in [-0.1, -0.05) is 40.7 Å². The van der Waals surface area contributed by atoms with Crippen LogP contribution in [0.1, 0.15) is 57.8 Å². The van der Waals surface area contributed by atoms with Crippen molar-refractivity contribution >= 4 is 23.4 Å². The highest BCUT2D eigenvalue weighted by Crippen LogP contribution is 2.19. The largest absolute Gasteiger partial charge is 0.339 e. The molecule has 1 aliphatic rings. The first-order chi connectivity index (χ1) is 13.1. The average Bonchev–Trinajstić information content (AvgIpc) is 2.65. The normalized spacial score (nSPS) is 14.9. The van der Waals surface area contributed by atoms with Gasteiger partial charge in [-0.05, 0) is 30.5 Å². The molecule has 0 atom stereocenters. The Morgan fingerprint density at radius 1 is 1.04 bits per heavy atom. The molecule has 6 nitrogen and oxygen atoms in total. The van der Waals surface area contributed by atoms with E-state index < -0.39 is 5.41 Å². The molecular formula is C22H33N3O3. The summed E-state index contributed by atoms with van der Waals surface area (Å²) in [7, 11) is 0. The highest BCUT2D eigenvalue weighted by molar-refractivity contribution is 5.98. The number of carbonyl (C=O) groups is 3. The van der Waals surface area contributed by atoms with Gasteiger partial charge in [0.25, 0.3) is 5.91 Å². The molecule has 1 aromatic rings. The number of rotatable bonds is 5. The summed E-state index contributed by atoms with van der Waals surface area (Å²) in [6, 6.07) is 7.03. The number of amides is 3. The van der Waals surface area contributed by atoms with Gasteiger partial charge in [0.1, 0.15) is 0 Å². The summed E-state index contributed by atoms with van der Waals surface area (Å²) in [5, 5.41) is 2.86. The predicted molar refractivity (Wildman–Crippen MR) is 111 cm³/mol. The second-order valence-electron chi connectivity index (χ2n) is 8.89. The zero-order chi connectivity index (χ0) is 20.9. The zero-order valence-corrected chi connectivity index (χ0v) is 17.7. The second kappa shape index (κ2) is 9.22. The summed E-state index contributed by atoms with van der Waals surface area (Å²) in [6.07, 6.45) is 1.46. The molecule has 1 saturated heterocycles. The summed E-state index contributed by atoms with van der Waals surface area (Å²) in [4.78, 5) is 40.9. The Hall–Kier alpha value is -2.37. The van der Waals surface area contributed by atoms with E-state index in [9.17, 15) is 14.4 Å². The van der Waals surface area contributed by atoms with Crippen LogP contribution in [0.4, 0.5) is 5.69 Å². The van der Waals surface area contributed by atoms with E-state index in [1.807, 2.05) is 25.7 Å². The molecule has 3 amide bonds. The van der Waals surface area contributed by atoms with Crippen LogP contribution in [0.25, 0.3) is 0 Å². The van der Waals surface area contributed by atoms with Gasteiger partial charge in [-0.15, -0.1) is 0 Å². The van der Waals surface area contributed by atoms with E-state index in [1.165, 1.54) is 0 Å². The van der Waals surface area contributed by atoms with E-state index >= 15 is 0 Å². The van der Waals surface area contributed by atoms with E-state index in [1.54, 1.807) is 29.2 Å². The zero-order valence-electron chi connectivity index (χ0n) is 17.7. The number of hydrogen-bond donors (Lipinski definition) is 1. The van der Waals surface area contributed by atoms with Gasteiger partial charge < -0.3 is 15.1 Å². The molecule has 1 fully saturated rings. The fourth-order valence-electron chi connectivity index (χ4n) is 2.96. The topological polar surface area (TPSA) is 69.7 Å². The molecule has 1 aliphatic heterocycles. The molecule has 154 valence electrons. The Morgan fingerprint density at radius 2 is 1.64 bits per heavy atom. The Kier molecular flexibility index (Phi) is 7.22. The van der Waals surface area contributed by atoms with E-state index in [0.717, 1.165) is 6.42 Å². The molecule has 1 heterocycles. The quantitative estimate of drug-likeness (QED) is 0.842. The Bertz CT molecular complexity index is 714. The van der Waals surface area contributed by atoms with Crippen molar-refractivity contribution in [2.75, 3.05) is 31.5 Å². The van der Waals surface area contributed by atoms with E-state index in [2.05, 4.69) is 19.2 Å². The molecule has 0 saturated carbocycles. The molecule has 0 aliphatic carbocycles. The number of piperazine rings is 1. The molecule has 0 spiro atoms. The Morgan fingerprint density at radius 3 is 2.21 bits per heavy atom. The van der Waals surface area contributed by atoms with E-state index in [-0.39, 0.29) is 17.7 Å². The van der Waals surface area contributed by atoms with Crippen LogP contribution in [0, 0.1) is 11.3 Å². The van der Waals surface area contributed by atoms with Gasteiger partial charge >= 0.3 is 0 Å². The number of carbonyl (C=O) groups excluding carboxylic acids is 3. The van der Waals surface area contributed by atoms with Crippen molar-refractivity contribution in [1.29, 1.82) is 0 Å². The number of anilines is 1. The number of hydrogen-bond acceptors (Lipinski definition) is 3. The Labute approximate surface area is 168 Å². The number of nitrogens with one attached hydrogen (secondary N) is 1. The fourth-order valence-corrected chi connectivity index (χ4v) is 2.96. The number of nitrogens with zero attached hydrogens (tertiary/aromatic N) is 2. The third-order valence-electron chi connectivity index (χ3n) is 4.90. The smallest absolute Gasteiger partial charge is 0.254 e. The predicted octanol–water partition coefficient (Wildman–Crippen LogP) is 3.39. The minimum atomic E-state index is -0.502. The van der Waals surface area contributed by atoms with Crippen LogP contribution < -0.4 is 5.32 Å². The lowest BCUT2D eigenvalue weighted by atomic mass is 9.95. The van der Waals surface area contributed by atoms with Crippen molar-refractivity contribution in [2.24, 2.45) is 11.3 Å². The summed E-state index contributed by atoms with van der Waals surface area (Å²) in [5.74, 6) is 0.525. The summed E-state index contributed by atoms with van der Waals surface area (Å²) < 4.78 is 0. The highest BCUT2D eigenvalue weighted by atomic mass is 16.2. The lowest BCUT2D eigenvalue weighted by molar-refractivity contribution is -0.133. The lowest BCUT2D eigenvalue weighted by Gasteiger charge is -2.35. The average molecular weight is 388 g/mol. The monoisotopic (exact) mass is 387 g/mol. The van der Waals surface area contributed by atoms with Gasteiger partial charge in [0.2, 0.25) is 11.8 Å². The third-order valence-corrected chi connectivity index (χ3v) is 4.90. The van der Waals surface area contributed by atoms with Crippen molar-refractivity contribution in [2.45, 2.75) is 47.5 Å². The third kappa shape index (κ3) is 6.08. The molecule has 0 bridgehead atoms. The van der Waals surface area contributed by atoms with Crippen LogP contribution in [0.2, 0.25) is 0 Å². The van der Waals surface area contributed by atoms with Gasteiger partial charge in [0.05, 0.1) is 0 Å². The first kappa shape index (κ1) is 21.9. The standard InChI is InChI=1S/C22H33N3O3/c1-16(2)9-10-19(26)24-11-13-25(14-12-24)20(27)17-7-6-8-18(15-17)23-21(28)22(3,4)5/h6-8,15-16H,9-14H2,1-5H3,(H,23,28).